The summed E-state index contributed by atoms with van der Waals surface area (Å²) in [5.41, 5.74) is 1.70. The summed E-state index contributed by atoms with van der Waals surface area (Å²) in [6.07, 6.45) is 2.37. The number of nitrogens with one attached hydrogen (secondary N) is 2. The molecule has 2 rings (SSSR count). The topological polar surface area (TPSA) is 24.1 Å². The van der Waals surface area contributed by atoms with Crippen molar-refractivity contribution >= 4 is 46.2 Å². The van der Waals surface area contributed by atoms with Gasteiger partial charge in [0.2, 0.25) is 0 Å². The molecular formula is C11H12Cl2N2S. The van der Waals surface area contributed by atoms with Crippen LogP contribution in [0.4, 0.5) is 5.69 Å². The highest BCUT2D eigenvalue weighted by Gasteiger charge is 2.21. The molecule has 1 aromatic rings. The first-order valence-corrected chi connectivity index (χ1v) is 6.26. The van der Waals surface area contributed by atoms with Gasteiger partial charge in [-0.25, -0.2) is 0 Å². The summed E-state index contributed by atoms with van der Waals surface area (Å²) in [6, 6.07) is 4.14. The largest absolute Gasteiger partial charge is 0.360 e. The van der Waals surface area contributed by atoms with Gasteiger partial charge >= 0.3 is 0 Å². The number of hydrogen-bond donors (Lipinski definition) is 2. The van der Waals surface area contributed by atoms with E-state index < -0.39 is 0 Å². The van der Waals surface area contributed by atoms with Gasteiger partial charge in [-0.1, -0.05) is 23.2 Å². The van der Waals surface area contributed by atoms with Gasteiger partial charge in [0.05, 0.1) is 10.7 Å². The van der Waals surface area contributed by atoms with E-state index >= 15 is 0 Å². The van der Waals surface area contributed by atoms with Gasteiger partial charge in [-0.05, 0) is 49.7 Å². The summed E-state index contributed by atoms with van der Waals surface area (Å²) < 4.78 is 0. The molecule has 0 radical (unpaired) electrons. The van der Waals surface area contributed by atoms with Crippen molar-refractivity contribution in [2.45, 2.75) is 25.8 Å². The Bertz CT molecular complexity index is 430. The van der Waals surface area contributed by atoms with E-state index in [9.17, 15) is 0 Å². The van der Waals surface area contributed by atoms with Crippen molar-refractivity contribution in [2.24, 2.45) is 0 Å². The molecular weight excluding hydrogens is 263 g/mol. The molecule has 1 aliphatic rings. The Morgan fingerprint density at radius 3 is 2.62 bits per heavy atom. The van der Waals surface area contributed by atoms with Gasteiger partial charge < -0.3 is 10.6 Å². The van der Waals surface area contributed by atoms with Gasteiger partial charge in [-0.2, -0.15) is 0 Å². The first kappa shape index (κ1) is 12.0. The van der Waals surface area contributed by atoms with Crippen LogP contribution in [0, 0.1) is 6.92 Å². The summed E-state index contributed by atoms with van der Waals surface area (Å²) in [4.78, 5) is 0. The number of benzene rings is 1. The van der Waals surface area contributed by atoms with Crippen LogP contribution in [-0.4, -0.2) is 11.2 Å². The number of hydrogen-bond acceptors (Lipinski definition) is 1. The third-order valence-electron chi connectivity index (χ3n) is 2.41. The van der Waals surface area contributed by atoms with E-state index in [4.69, 9.17) is 35.4 Å². The maximum absolute atomic E-state index is 6.09. The molecule has 1 saturated carbocycles. The number of anilines is 1. The van der Waals surface area contributed by atoms with Gasteiger partial charge in [-0.3, -0.25) is 0 Å². The Labute approximate surface area is 110 Å². The second kappa shape index (κ2) is 4.78. The van der Waals surface area contributed by atoms with Crippen LogP contribution in [0.3, 0.4) is 0 Å². The molecule has 0 aromatic heterocycles. The lowest BCUT2D eigenvalue weighted by Crippen LogP contribution is -2.30. The van der Waals surface area contributed by atoms with Crippen LogP contribution in [0.2, 0.25) is 10.0 Å². The Morgan fingerprint density at radius 2 is 2.00 bits per heavy atom. The van der Waals surface area contributed by atoms with Crippen LogP contribution < -0.4 is 10.6 Å². The lowest BCUT2D eigenvalue weighted by molar-refractivity contribution is 0.919. The standard InChI is InChI=1S/C11H12Cl2N2S/c1-6-4-9(13)10(5-8(6)12)15-11(16)14-7-2-3-7/h4-5,7H,2-3H2,1H3,(H2,14,15,16). The average Bonchev–Trinajstić information content (AvgIpc) is 2.98. The first-order valence-electron chi connectivity index (χ1n) is 5.09. The molecule has 0 unspecified atom stereocenters. The molecule has 1 aliphatic carbocycles. The zero-order valence-electron chi connectivity index (χ0n) is 8.81. The predicted molar refractivity (Wildman–Crippen MR) is 73.6 cm³/mol. The molecule has 0 spiro atoms. The fourth-order valence-corrected chi connectivity index (χ4v) is 2.02. The minimum absolute atomic E-state index is 0.527. The minimum atomic E-state index is 0.527. The molecule has 0 amide bonds. The highest BCUT2D eigenvalue weighted by atomic mass is 35.5. The number of rotatable bonds is 2. The Kier molecular flexibility index (Phi) is 3.57. The van der Waals surface area contributed by atoms with Gasteiger partial charge in [0, 0.05) is 11.1 Å². The average molecular weight is 275 g/mol. The van der Waals surface area contributed by atoms with E-state index in [2.05, 4.69) is 10.6 Å². The number of halogens is 2. The van der Waals surface area contributed by atoms with E-state index in [0.717, 1.165) is 11.3 Å². The van der Waals surface area contributed by atoms with Gasteiger partial charge in [0.15, 0.2) is 5.11 Å². The van der Waals surface area contributed by atoms with Crippen LogP contribution >= 0.6 is 35.4 Å². The van der Waals surface area contributed by atoms with Crippen molar-refractivity contribution in [3.63, 3.8) is 0 Å². The van der Waals surface area contributed by atoms with Gasteiger partial charge in [-0.15, -0.1) is 0 Å². The van der Waals surface area contributed by atoms with E-state index in [-0.39, 0.29) is 0 Å². The van der Waals surface area contributed by atoms with E-state index in [1.54, 1.807) is 6.07 Å². The Hall–Kier alpha value is -0.510. The second-order valence-corrected chi connectivity index (χ2v) is 5.18. The van der Waals surface area contributed by atoms with Gasteiger partial charge in [0.25, 0.3) is 0 Å². The van der Waals surface area contributed by atoms with Crippen LogP contribution in [0.25, 0.3) is 0 Å². The second-order valence-electron chi connectivity index (χ2n) is 3.95. The summed E-state index contributed by atoms with van der Waals surface area (Å²) in [7, 11) is 0. The fourth-order valence-electron chi connectivity index (χ4n) is 1.31. The first-order chi connectivity index (χ1) is 7.56. The molecule has 0 bridgehead atoms. The lowest BCUT2D eigenvalue weighted by Gasteiger charge is -2.12. The third-order valence-corrected chi connectivity index (χ3v) is 3.35. The summed E-state index contributed by atoms with van der Waals surface area (Å²) in [5.74, 6) is 0. The molecule has 16 heavy (non-hydrogen) atoms. The summed E-state index contributed by atoms with van der Waals surface area (Å²) in [5, 5.41) is 8.15. The monoisotopic (exact) mass is 274 g/mol. The molecule has 1 fully saturated rings. The van der Waals surface area contributed by atoms with Gasteiger partial charge in [0.1, 0.15) is 0 Å². The van der Waals surface area contributed by atoms with E-state index in [1.807, 2.05) is 13.0 Å². The molecule has 0 aliphatic heterocycles. The molecule has 0 atom stereocenters. The number of aryl methyl sites for hydroxylation is 1. The Morgan fingerprint density at radius 1 is 1.31 bits per heavy atom. The quantitative estimate of drug-likeness (QED) is 0.804. The predicted octanol–water partition coefficient (Wildman–Crippen LogP) is 3.75. The maximum atomic E-state index is 6.09. The van der Waals surface area contributed by atoms with Crippen LogP contribution in [0.5, 0.6) is 0 Å². The molecule has 0 heterocycles. The van der Waals surface area contributed by atoms with Crippen molar-refractivity contribution in [2.75, 3.05) is 5.32 Å². The van der Waals surface area contributed by atoms with E-state index in [1.165, 1.54) is 12.8 Å². The van der Waals surface area contributed by atoms with Crippen molar-refractivity contribution < 1.29 is 0 Å². The molecule has 1 aromatic carbocycles. The molecule has 2 nitrogen and oxygen atoms in total. The van der Waals surface area contributed by atoms with Crippen molar-refractivity contribution in [3.05, 3.63) is 27.7 Å². The zero-order valence-corrected chi connectivity index (χ0v) is 11.1. The third kappa shape index (κ3) is 3.00. The summed E-state index contributed by atoms with van der Waals surface area (Å²) in [6.45, 7) is 1.92. The van der Waals surface area contributed by atoms with Crippen LogP contribution in [0.15, 0.2) is 12.1 Å². The number of thiocarbonyl (C=S) groups is 1. The van der Waals surface area contributed by atoms with Crippen LogP contribution in [0.1, 0.15) is 18.4 Å². The van der Waals surface area contributed by atoms with Crippen molar-refractivity contribution in [1.29, 1.82) is 0 Å². The zero-order chi connectivity index (χ0) is 11.7. The maximum Gasteiger partial charge on any atom is 0.171 e. The lowest BCUT2D eigenvalue weighted by atomic mass is 10.2. The highest BCUT2D eigenvalue weighted by Crippen LogP contribution is 2.29. The molecule has 5 heteroatoms. The molecule has 0 saturated heterocycles. The van der Waals surface area contributed by atoms with Crippen molar-refractivity contribution in [1.82, 2.24) is 5.32 Å². The SMILES string of the molecule is Cc1cc(Cl)c(NC(=S)NC2CC2)cc1Cl. The fraction of sp³-hybridized carbons (Fsp3) is 0.364. The normalized spacial score (nSPS) is 14.7. The smallest absolute Gasteiger partial charge is 0.171 e. The minimum Gasteiger partial charge on any atom is -0.360 e. The summed E-state index contributed by atoms with van der Waals surface area (Å²) >= 11 is 17.3. The Balaban J connectivity index is 2.07. The van der Waals surface area contributed by atoms with E-state index in [0.29, 0.717) is 21.2 Å². The van der Waals surface area contributed by atoms with Crippen LogP contribution in [-0.2, 0) is 0 Å². The van der Waals surface area contributed by atoms with Crippen molar-refractivity contribution in [3.8, 4) is 0 Å². The molecule has 86 valence electrons. The molecule has 2 N–H and O–H groups in total. The highest BCUT2D eigenvalue weighted by molar-refractivity contribution is 7.80.